The van der Waals surface area contributed by atoms with Crippen LogP contribution in [0.3, 0.4) is 0 Å². The van der Waals surface area contributed by atoms with Crippen LogP contribution in [-0.2, 0) is 6.54 Å². The summed E-state index contributed by atoms with van der Waals surface area (Å²) in [7, 11) is 0. The third kappa shape index (κ3) is 3.50. The zero-order valence-electron chi connectivity index (χ0n) is 11.1. The second-order valence-corrected chi connectivity index (χ2v) is 5.53. The van der Waals surface area contributed by atoms with E-state index < -0.39 is 0 Å². The average Bonchev–Trinajstić information content (AvgIpc) is 2.30. The Kier molecular flexibility index (Phi) is 4.11. The first-order valence-electron chi connectivity index (χ1n) is 6.66. The van der Waals surface area contributed by atoms with Crippen molar-refractivity contribution in [1.82, 2.24) is 15.3 Å². The molecule has 1 saturated carbocycles. The predicted octanol–water partition coefficient (Wildman–Crippen LogP) is 2.70. The molecule has 0 bridgehead atoms. The van der Waals surface area contributed by atoms with E-state index in [-0.39, 0.29) is 0 Å². The minimum absolute atomic E-state index is 0.648. The van der Waals surface area contributed by atoms with Crippen molar-refractivity contribution in [2.24, 2.45) is 11.8 Å². The van der Waals surface area contributed by atoms with Crippen molar-refractivity contribution >= 4 is 0 Å². The smallest absolute Gasteiger partial charge is 0.0724 e. The number of aryl methyl sites for hydroxylation is 1. The van der Waals surface area contributed by atoms with Gasteiger partial charge in [0.25, 0.3) is 0 Å². The molecule has 1 N–H and O–H groups in total. The van der Waals surface area contributed by atoms with Crippen LogP contribution >= 0.6 is 0 Å². The van der Waals surface area contributed by atoms with Crippen molar-refractivity contribution < 1.29 is 0 Å². The van der Waals surface area contributed by atoms with Gasteiger partial charge in [0.05, 0.1) is 11.4 Å². The third-order valence-corrected chi connectivity index (χ3v) is 3.81. The van der Waals surface area contributed by atoms with E-state index >= 15 is 0 Å². The minimum atomic E-state index is 0.648. The highest BCUT2D eigenvalue weighted by atomic mass is 14.9. The van der Waals surface area contributed by atoms with E-state index in [4.69, 9.17) is 0 Å². The van der Waals surface area contributed by atoms with Gasteiger partial charge in [-0.2, -0.15) is 0 Å². The van der Waals surface area contributed by atoms with Gasteiger partial charge in [0.2, 0.25) is 0 Å². The highest BCUT2D eigenvalue weighted by Gasteiger charge is 2.24. The second-order valence-electron chi connectivity index (χ2n) is 5.53. The Labute approximate surface area is 104 Å². The van der Waals surface area contributed by atoms with E-state index in [0.29, 0.717) is 6.04 Å². The number of rotatable bonds is 3. The summed E-state index contributed by atoms with van der Waals surface area (Å²) < 4.78 is 0. The van der Waals surface area contributed by atoms with Crippen LogP contribution < -0.4 is 5.32 Å². The Morgan fingerprint density at radius 3 is 2.71 bits per heavy atom. The zero-order chi connectivity index (χ0) is 12.3. The molecule has 1 aliphatic rings. The molecule has 0 aliphatic heterocycles. The van der Waals surface area contributed by atoms with Gasteiger partial charge in [0.1, 0.15) is 0 Å². The first-order valence-corrected chi connectivity index (χ1v) is 6.66. The molecule has 1 heterocycles. The van der Waals surface area contributed by atoms with E-state index in [1.54, 1.807) is 0 Å². The van der Waals surface area contributed by atoms with Gasteiger partial charge in [-0.1, -0.05) is 13.8 Å². The quantitative estimate of drug-likeness (QED) is 0.872. The number of hydrogen-bond donors (Lipinski definition) is 1. The van der Waals surface area contributed by atoms with Gasteiger partial charge < -0.3 is 5.32 Å². The Morgan fingerprint density at radius 2 is 2.06 bits per heavy atom. The van der Waals surface area contributed by atoms with E-state index in [0.717, 1.165) is 29.8 Å². The molecule has 94 valence electrons. The van der Waals surface area contributed by atoms with Crippen LogP contribution in [0, 0.1) is 18.8 Å². The van der Waals surface area contributed by atoms with Crippen molar-refractivity contribution in [2.45, 2.75) is 52.6 Å². The van der Waals surface area contributed by atoms with E-state index in [9.17, 15) is 0 Å². The van der Waals surface area contributed by atoms with E-state index in [2.05, 4.69) is 29.1 Å². The molecule has 0 amide bonds. The minimum Gasteiger partial charge on any atom is -0.308 e. The largest absolute Gasteiger partial charge is 0.308 e. The molecule has 0 spiro atoms. The topological polar surface area (TPSA) is 37.8 Å². The molecule has 3 nitrogen and oxygen atoms in total. The highest BCUT2D eigenvalue weighted by molar-refractivity contribution is 5.00. The molecule has 17 heavy (non-hydrogen) atoms. The first kappa shape index (κ1) is 12.5. The maximum absolute atomic E-state index is 4.38. The van der Waals surface area contributed by atoms with Crippen molar-refractivity contribution in [3.63, 3.8) is 0 Å². The number of hydrogen-bond acceptors (Lipinski definition) is 3. The molecular formula is C14H23N3. The van der Waals surface area contributed by atoms with Crippen molar-refractivity contribution in [1.29, 1.82) is 0 Å². The molecule has 3 unspecified atom stereocenters. The molecule has 0 radical (unpaired) electrons. The summed E-state index contributed by atoms with van der Waals surface area (Å²) in [4.78, 5) is 8.65. The van der Waals surface area contributed by atoms with Gasteiger partial charge >= 0.3 is 0 Å². The molecule has 2 rings (SSSR count). The lowest BCUT2D eigenvalue weighted by Crippen LogP contribution is -2.38. The van der Waals surface area contributed by atoms with Gasteiger partial charge in [0.15, 0.2) is 0 Å². The van der Waals surface area contributed by atoms with Crippen LogP contribution in [0.1, 0.15) is 44.5 Å². The average molecular weight is 233 g/mol. The fourth-order valence-electron chi connectivity index (χ4n) is 2.71. The summed E-state index contributed by atoms with van der Waals surface area (Å²) in [5.41, 5.74) is 2.02. The van der Waals surface area contributed by atoms with Crippen molar-refractivity contribution in [3.05, 3.63) is 23.8 Å². The van der Waals surface area contributed by atoms with Crippen LogP contribution in [0.4, 0.5) is 0 Å². The summed E-state index contributed by atoms with van der Waals surface area (Å²) >= 11 is 0. The van der Waals surface area contributed by atoms with E-state index in [1.807, 2.05) is 19.3 Å². The molecule has 1 aromatic rings. The summed E-state index contributed by atoms with van der Waals surface area (Å²) in [6.45, 7) is 7.53. The lowest BCUT2D eigenvalue weighted by molar-refractivity contribution is 0.226. The van der Waals surface area contributed by atoms with Gasteiger partial charge in [-0.05, 0) is 38.0 Å². The zero-order valence-corrected chi connectivity index (χ0v) is 11.1. The fourth-order valence-corrected chi connectivity index (χ4v) is 2.71. The lowest BCUT2D eigenvalue weighted by Gasteiger charge is -2.33. The van der Waals surface area contributed by atoms with Gasteiger partial charge in [-0.25, -0.2) is 0 Å². The Bertz CT molecular complexity index is 347. The maximum atomic E-state index is 4.38. The van der Waals surface area contributed by atoms with Gasteiger partial charge in [-0.15, -0.1) is 0 Å². The monoisotopic (exact) mass is 233 g/mol. The first-order chi connectivity index (χ1) is 8.15. The number of nitrogens with one attached hydrogen (secondary N) is 1. The Hall–Kier alpha value is -0.960. The van der Waals surface area contributed by atoms with Crippen molar-refractivity contribution in [2.75, 3.05) is 0 Å². The third-order valence-electron chi connectivity index (χ3n) is 3.81. The molecule has 1 fully saturated rings. The molecular weight excluding hydrogens is 210 g/mol. The van der Waals surface area contributed by atoms with Crippen LogP contribution in [0.25, 0.3) is 0 Å². The maximum Gasteiger partial charge on any atom is 0.0724 e. The molecule has 3 atom stereocenters. The molecule has 1 aliphatic carbocycles. The summed E-state index contributed by atoms with van der Waals surface area (Å²) in [6, 6.07) is 0.648. The van der Waals surface area contributed by atoms with Crippen molar-refractivity contribution in [3.8, 4) is 0 Å². The summed E-state index contributed by atoms with van der Waals surface area (Å²) in [5.74, 6) is 1.67. The normalized spacial score (nSPS) is 29.2. The second kappa shape index (κ2) is 5.58. The Balaban J connectivity index is 1.83. The van der Waals surface area contributed by atoms with E-state index in [1.165, 1.54) is 19.3 Å². The predicted molar refractivity (Wildman–Crippen MR) is 69.6 cm³/mol. The SMILES string of the molecule is Cc1cnc(CNC2CCC(C)CC2C)cn1. The number of aromatic nitrogens is 2. The van der Waals surface area contributed by atoms with Crippen LogP contribution in [0.15, 0.2) is 12.4 Å². The Morgan fingerprint density at radius 1 is 1.24 bits per heavy atom. The number of nitrogens with zero attached hydrogens (tertiary/aromatic N) is 2. The van der Waals surface area contributed by atoms with Gasteiger partial charge in [-0.3, -0.25) is 9.97 Å². The summed E-state index contributed by atoms with van der Waals surface area (Å²) in [5, 5.41) is 3.63. The summed E-state index contributed by atoms with van der Waals surface area (Å²) in [6.07, 6.45) is 7.70. The molecule has 3 heteroatoms. The fraction of sp³-hybridized carbons (Fsp3) is 0.714. The molecule has 1 aromatic heterocycles. The van der Waals surface area contributed by atoms with Gasteiger partial charge in [0, 0.05) is 25.0 Å². The highest BCUT2D eigenvalue weighted by Crippen LogP contribution is 2.28. The van der Waals surface area contributed by atoms with Crippen LogP contribution in [0.2, 0.25) is 0 Å². The lowest BCUT2D eigenvalue weighted by atomic mass is 9.80. The van der Waals surface area contributed by atoms with Crippen LogP contribution in [-0.4, -0.2) is 16.0 Å². The standard InChI is InChI=1S/C14H23N3/c1-10-4-5-14(11(2)6-10)17-9-13-8-15-12(3)7-16-13/h7-8,10-11,14,17H,4-6,9H2,1-3H3. The molecule has 0 aromatic carbocycles. The molecule has 0 saturated heterocycles. The van der Waals surface area contributed by atoms with Crippen LogP contribution in [0.5, 0.6) is 0 Å².